The van der Waals surface area contributed by atoms with Crippen LogP contribution in [-0.4, -0.2) is 34.6 Å². The van der Waals surface area contributed by atoms with E-state index in [1.807, 2.05) is 24.3 Å². The molecule has 0 unspecified atom stereocenters. The monoisotopic (exact) mass is 284 g/mol. The van der Waals surface area contributed by atoms with E-state index in [9.17, 15) is 9.90 Å². The molecule has 2 aromatic rings. The van der Waals surface area contributed by atoms with Crippen LogP contribution in [0.15, 0.2) is 28.6 Å². The number of aliphatic hydroxyl groups is 1. The van der Waals surface area contributed by atoms with E-state index in [1.165, 1.54) is 11.8 Å². The fraction of sp³-hybridized carbons (Fsp3) is 0.273. The molecule has 0 saturated carbocycles. The highest BCUT2D eigenvalue weighted by molar-refractivity contribution is 8.01. The van der Waals surface area contributed by atoms with E-state index in [-0.39, 0.29) is 6.61 Å². The van der Waals surface area contributed by atoms with Gasteiger partial charge in [0.15, 0.2) is 4.34 Å². The molecular weight excluding hydrogens is 272 g/mol. The molecular formula is C11H12N2O3S2. The summed E-state index contributed by atoms with van der Waals surface area (Å²) in [5.41, 5.74) is 5.76. The van der Waals surface area contributed by atoms with Crippen LogP contribution in [0.4, 0.5) is 4.79 Å². The molecule has 5 nitrogen and oxygen atoms in total. The number of carbonyl (C=O) groups excluding carboxylic acids is 1. The lowest BCUT2D eigenvalue weighted by molar-refractivity contribution is 0.0858. The zero-order chi connectivity index (χ0) is 13.0. The highest BCUT2D eigenvalue weighted by atomic mass is 32.2. The summed E-state index contributed by atoms with van der Waals surface area (Å²) in [6.07, 6.45) is -1.62. The second-order valence-corrected chi connectivity index (χ2v) is 5.84. The predicted octanol–water partition coefficient (Wildman–Crippen LogP) is 1.84. The first-order valence-corrected chi connectivity index (χ1v) is 7.04. The van der Waals surface area contributed by atoms with Crippen molar-refractivity contribution in [3.05, 3.63) is 24.3 Å². The van der Waals surface area contributed by atoms with Crippen LogP contribution < -0.4 is 5.73 Å². The summed E-state index contributed by atoms with van der Waals surface area (Å²) in [5.74, 6) is 0.410. The van der Waals surface area contributed by atoms with Crippen LogP contribution in [0.5, 0.6) is 0 Å². The van der Waals surface area contributed by atoms with Crippen molar-refractivity contribution >= 4 is 39.4 Å². The maximum absolute atomic E-state index is 10.4. The van der Waals surface area contributed by atoms with E-state index in [2.05, 4.69) is 9.72 Å². The molecule has 0 aliphatic rings. The Morgan fingerprint density at radius 1 is 1.56 bits per heavy atom. The highest BCUT2D eigenvalue weighted by Gasteiger charge is 2.10. The van der Waals surface area contributed by atoms with E-state index in [1.54, 1.807) is 11.3 Å². The van der Waals surface area contributed by atoms with Gasteiger partial charge in [-0.3, -0.25) is 0 Å². The molecule has 96 valence electrons. The molecule has 2 rings (SSSR count). The number of amides is 1. The average Bonchev–Trinajstić information content (AvgIpc) is 2.76. The van der Waals surface area contributed by atoms with Gasteiger partial charge >= 0.3 is 6.09 Å². The van der Waals surface area contributed by atoms with Crippen LogP contribution >= 0.6 is 23.1 Å². The van der Waals surface area contributed by atoms with Crippen LogP contribution in [0.3, 0.4) is 0 Å². The lowest BCUT2D eigenvalue weighted by Crippen LogP contribution is -2.23. The molecule has 1 aromatic carbocycles. The highest BCUT2D eigenvalue weighted by Crippen LogP contribution is 2.29. The molecule has 7 heteroatoms. The first-order chi connectivity index (χ1) is 8.65. The summed E-state index contributed by atoms with van der Waals surface area (Å²) in [6, 6.07) is 7.85. The van der Waals surface area contributed by atoms with Gasteiger partial charge in [0.2, 0.25) is 0 Å². The van der Waals surface area contributed by atoms with Crippen molar-refractivity contribution in [1.29, 1.82) is 0 Å². The van der Waals surface area contributed by atoms with Gasteiger partial charge in [0.1, 0.15) is 6.61 Å². The van der Waals surface area contributed by atoms with Crippen LogP contribution in [-0.2, 0) is 4.74 Å². The molecule has 0 radical (unpaired) electrons. The molecule has 0 aliphatic carbocycles. The number of thioether (sulfide) groups is 1. The first-order valence-electron chi connectivity index (χ1n) is 5.24. The molecule has 0 bridgehead atoms. The van der Waals surface area contributed by atoms with Gasteiger partial charge in [-0.2, -0.15) is 0 Å². The standard InChI is InChI=1S/C11H12N2O3S2/c12-10(15)16-5-7(14)6-17-11-13-8-3-1-2-4-9(8)18-11/h1-4,7,14H,5-6H2,(H2,12,15)/t7-/m0/s1. The first kappa shape index (κ1) is 13.1. The number of primary amides is 1. The molecule has 0 aliphatic heterocycles. The number of aliphatic hydroxyl groups excluding tert-OH is 1. The Balaban J connectivity index is 1.87. The largest absolute Gasteiger partial charge is 0.447 e. The third kappa shape index (κ3) is 3.59. The summed E-state index contributed by atoms with van der Waals surface area (Å²) in [6.45, 7) is -0.0901. The number of rotatable bonds is 5. The molecule has 1 aromatic heterocycles. The smallest absolute Gasteiger partial charge is 0.404 e. The number of carbonyl (C=O) groups is 1. The normalized spacial score (nSPS) is 12.5. The summed E-state index contributed by atoms with van der Waals surface area (Å²) >= 11 is 3.00. The van der Waals surface area contributed by atoms with Crippen molar-refractivity contribution in [1.82, 2.24) is 4.98 Å². The third-order valence-electron chi connectivity index (χ3n) is 2.09. The van der Waals surface area contributed by atoms with E-state index in [0.29, 0.717) is 5.75 Å². The molecule has 1 amide bonds. The van der Waals surface area contributed by atoms with E-state index in [4.69, 9.17) is 5.73 Å². The minimum Gasteiger partial charge on any atom is -0.447 e. The van der Waals surface area contributed by atoms with E-state index >= 15 is 0 Å². The van der Waals surface area contributed by atoms with Gasteiger partial charge in [0.05, 0.1) is 16.3 Å². The number of nitrogens with zero attached hydrogens (tertiary/aromatic N) is 1. The second-order valence-electron chi connectivity index (χ2n) is 3.54. The summed E-state index contributed by atoms with van der Waals surface area (Å²) in [5, 5.41) is 9.56. The van der Waals surface area contributed by atoms with Crippen LogP contribution in [0.25, 0.3) is 10.2 Å². The number of hydrogen-bond donors (Lipinski definition) is 2. The number of aromatic nitrogens is 1. The van der Waals surface area contributed by atoms with Gasteiger partial charge in [-0.1, -0.05) is 23.9 Å². The molecule has 1 atom stereocenters. The van der Waals surface area contributed by atoms with Gasteiger partial charge in [-0.05, 0) is 12.1 Å². The SMILES string of the molecule is NC(=O)OC[C@H](O)CSc1nc2ccccc2s1. The Bertz CT molecular complexity index is 511. The molecule has 0 saturated heterocycles. The Labute approximate surface area is 112 Å². The zero-order valence-electron chi connectivity index (χ0n) is 9.41. The molecule has 0 fully saturated rings. The van der Waals surface area contributed by atoms with Gasteiger partial charge < -0.3 is 15.6 Å². The Morgan fingerprint density at radius 2 is 2.33 bits per heavy atom. The Morgan fingerprint density at radius 3 is 3.06 bits per heavy atom. The van der Waals surface area contributed by atoms with Crippen molar-refractivity contribution in [3.8, 4) is 0 Å². The van der Waals surface area contributed by atoms with Crippen molar-refractivity contribution < 1.29 is 14.6 Å². The Hall–Kier alpha value is -1.31. The molecule has 1 heterocycles. The fourth-order valence-electron chi connectivity index (χ4n) is 1.31. The minimum absolute atomic E-state index is 0.0901. The maximum Gasteiger partial charge on any atom is 0.404 e. The molecule has 3 N–H and O–H groups in total. The third-order valence-corrected chi connectivity index (χ3v) is 4.42. The van der Waals surface area contributed by atoms with Gasteiger partial charge in [0.25, 0.3) is 0 Å². The van der Waals surface area contributed by atoms with Crippen LogP contribution in [0, 0.1) is 0 Å². The lowest BCUT2D eigenvalue weighted by atomic mass is 10.3. The fourth-order valence-corrected chi connectivity index (χ4v) is 3.31. The van der Waals surface area contributed by atoms with Gasteiger partial charge in [0, 0.05) is 5.75 Å². The number of ether oxygens (including phenoxy) is 1. The maximum atomic E-state index is 10.4. The number of nitrogens with two attached hydrogens (primary N) is 1. The Kier molecular flexibility index (Phi) is 4.40. The van der Waals surface area contributed by atoms with Crippen molar-refractivity contribution in [3.63, 3.8) is 0 Å². The van der Waals surface area contributed by atoms with E-state index in [0.717, 1.165) is 14.6 Å². The molecule has 0 spiro atoms. The number of benzene rings is 1. The quantitative estimate of drug-likeness (QED) is 0.818. The summed E-state index contributed by atoms with van der Waals surface area (Å²) in [7, 11) is 0. The van der Waals surface area contributed by atoms with Crippen LogP contribution in [0.2, 0.25) is 0 Å². The number of thiazole rings is 1. The lowest BCUT2D eigenvalue weighted by Gasteiger charge is -2.07. The zero-order valence-corrected chi connectivity index (χ0v) is 11.0. The number of para-hydroxylation sites is 1. The summed E-state index contributed by atoms with van der Waals surface area (Å²) < 4.78 is 6.51. The number of fused-ring (bicyclic) bond motifs is 1. The minimum atomic E-state index is -0.876. The second kappa shape index (κ2) is 6.03. The molecule has 18 heavy (non-hydrogen) atoms. The van der Waals surface area contributed by atoms with Crippen molar-refractivity contribution in [2.24, 2.45) is 5.73 Å². The predicted molar refractivity (Wildman–Crippen MR) is 71.9 cm³/mol. The van der Waals surface area contributed by atoms with Crippen LogP contribution in [0.1, 0.15) is 0 Å². The number of hydrogen-bond acceptors (Lipinski definition) is 6. The van der Waals surface area contributed by atoms with Crippen molar-refractivity contribution in [2.75, 3.05) is 12.4 Å². The van der Waals surface area contributed by atoms with Crippen molar-refractivity contribution in [2.45, 2.75) is 10.4 Å². The van der Waals surface area contributed by atoms with Gasteiger partial charge in [-0.15, -0.1) is 11.3 Å². The van der Waals surface area contributed by atoms with E-state index < -0.39 is 12.2 Å². The average molecular weight is 284 g/mol. The van der Waals surface area contributed by atoms with Gasteiger partial charge in [-0.25, -0.2) is 9.78 Å². The topological polar surface area (TPSA) is 85.4 Å². The summed E-state index contributed by atoms with van der Waals surface area (Å²) in [4.78, 5) is 14.8.